The Morgan fingerprint density at radius 2 is 2.00 bits per heavy atom. The van der Waals surface area contributed by atoms with Gasteiger partial charge >= 0.3 is 0 Å². The van der Waals surface area contributed by atoms with Gasteiger partial charge in [0, 0.05) is 36.5 Å². The second-order valence-corrected chi connectivity index (χ2v) is 8.56. The molecule has 1 aliphatic rings. The second-order valence-electron chi connectivity index (χ2n) is 6.70. The summed E-state index contributed by atoms with van der Waals surface area (Å²) >= 11 is 2.97. The Kier molecular flexibility index (Phi) is 5.59. The quantitative estimate of drug-likeness (QED) is 0.660. The molecule has 1 aromatic carbocycles. The molecular formula is C20H21N3O2S2. The van der Waals surface area contributed by atoms with Crippen LogP contribution >= 0.6 is 23.1 Å². The van der Waals surface area contributed by atoms with Crippen LogP contribution in [0.1, 0.15) is 30.0 Å². The molecule has 0 aliphatic carbocycles. The number of likely N-dealkylation sites (tertiary alicyclic amines) is 1. The fourth-order valence-corrected chi connectivity index (χ4v) is 5.04. The van der Waals surface area contributed by atoms with Crippen LogP contribution in [0, 0.1) is 0 Å². The number of thioether (sulfide) groups is 1. The van der Waals surface area contributed by atoms with Crippen molar-refractivity contribution in [3.8, 4) is 0 Å². The van der Waals surface area contributed by atoms with E-state index in [2.05, 4.69) is 29.2 Å². The van der Waals surface area contributed by atoms with E-state index >= 15 is 0 Å². The third-order valence-corrected chi connectivity index (χ3v) is 6.66. The van der Waals surface area contributed by atoms with E-state index in [9.17, 15) is 9.59 Å². The zero-order valence-electron chi connectivity index (χ0n) is 14.9. The predicted octanol–water partition coefficient (Wildman–Crippen LogP) is 3.40. The van der Waals surface area contributed by atoms with Crippen LogP contribution < -0.4 is 5.56 Å². The van der Waals surface area contributed by atoms with Crippen LogP contribution in [0.2, 0.25) is 0 Å². The van der Waals surface area contributed by atoms with Crippen molar-refractivity contribution >= 4 is 34.0 Å². The minimum Gasteiger partial charge on any atom is -0.342 e. The van der Waals surface area contributed by atoms with Crippen LogP contribution in [0.3, 0.4) is 0 Å². The van der Waals surface area contributed by atoms with Crippen molar-refractivity contribution in [3.63, 3.8) is 0 Å². The summed E-state index contributed by atoms with van der Waals surface area (Å²) < 4.78 is 1.54. The third kappa shape index (κ3) is 4.25. The maximum Gasteiger partial charge on any atom is 0.258 e. The molecule has 5 nitrogen and oxygen atoms in total. The lowest BCUT2D eigenvalue weighted by atomic mass is 9.89. The van der Waals surface area contributed by atoms with Gasteiger partial charge in [-0.15, -0.1) is 23.1 Å². The molecule has 1 fully saturated rings. The minimum absolute atomic E-state index is 0.0637. The number of piperidine rings is 1. The molecule has 0 radical (unpaired) electrons. The lowest BCUT2D eigenvalue weighted by Gasteiger charge is -2.32. The topological polar surface area (TPSA) is 54.7 Å². The smallest absolute Gasteiger partial charge is 0.258 e. The van der Waals surface area contributed by atoms with Gasteiger partial charge in [0.1, 0.15) is 0 Å². The van der Waals surface area contributed by atoms with Crippen LogP contribution in [-0.4, -0.2) is 39.0 Å². The highest BCUT2D eigenvalue weighted by molar-refractivity contribution is 7.99. The van der Waals surface area contributed by atoms with Gasteiger partial charge in [-0.3, -0.25) is 14.0 Å². The summed E-state index contributed by atoms with van der Waals surface area (Å²) in [6, 6.07) is 12.1. The van der Waals surface area contributed by atoms with Gasteiger partial charge in [-0.1, -0.05) is 30.3 Å². The van der Waals surface area contributed by atoms with E-state index in [0.29, 0.717) is 22.4 Å². The maximum atomic E-state index is 12.5. The Balaban J connectivity index is 1.27. The number of hydrogen-bond acceptors (Lipinski definition) is 5. The van der Waals surface area contributed by atoms with Gasteiger partial charge in [0.25, 0.3) is 5.56 Å². The number of fused-ring (bicyclic) bond motifs is 1. The molecule has 0 saturated carbocycles. The molecule has 3 aromatic rings. The number of nitrogens with zero attached hydrogens (tertiary/aromatic N) is 3. The van der Waals surface area contributed by atoms with E-state index in [1.165, 1.54) is 28.7 Å². The summed E-state index contributed by atoms with van der Waals surface area (Å²) in [5.74, 6) is 1.75. The molecule has 0 N–H and O–H groups in total. The zero-order chi connectivity index (χ0) is 18.6. The van der Waals surface area contributed by atoms with Crippen LogP contribution in [0.5, 0.6) is 0 Å². The summed E-state index contributed by atoms with van der Waals surface area (Å²) in [4.78, 5) is 31.6. The number of aromatic nitrogens is 2. The van der Waals surface area contributed by atoms with Crippen LogP contribution in [0.25, 0.3) is 4.96 Å². The highest BCUT2D eigenvalue weighted by atomic mass is 32.2. The molecule has 4 rings (SSSR count). The Morgan fingerprint density at radius 3 is 2.78 bits per heavy atom. The number of hydrogen-bond donors (Lipinski definition) is 0. The lowest BCUT2D eigenvalue weighted by Crippen LogP contribution is -2.38. The standard InChI is InChI=1S/C20H21N3O2S2/c24-18-12-17(21-20-23(18)10-11-27-20)13-26-14-19(25)22-8-6-16(7-9-22)15-4-2-1-3-5-15/h1-5,10-12,16H,6-9,13-14H2. The van der Waals surface area contributed by atoms with Gasteiger partial charge < -0.3 is 4.90 Å². The second kappa shape index (κ2) is 8.27. The molecule has 0 spiro atoms. The number of carbonyl (C=O) groups excluding carboxylic acids is 1. The van der Waals surface area contributed by atoms with E-state index in [4.69, 9.17) is 0 Å². The van der Waals surface area contributed by atoms with Crippen molar-refractivity contribution in [2.75, 3.05) is 18.8 Å². The van der Waals surface area contributed by atoms with Crippen molar-refractivity contribution in [1.29, 1.82) is 0 Å². The van der Waals surface area contributed by atoms with E-state index in [1.54, 1.807) is 16.7 Å². The fraction of sp³-hybridized carbons (Fsp3) is 0.350. The first-order chi connectivity index (χ1) is 13.2. The fourth-order valence-electron chi connectivity index (χ4n) is 3.48. The van der Waals surface area contributed by atoms with Crippen molar-refractivity contribution in [1.82, 2.24) is 14.3 Å². The van der Waals surface area contributed by atoms with Crippen LogP contribution in [0.4, 0.5) is 0 Å². The monoisotopic (exact) mass is 399 g/mol. The summed E-state index contributed by atoms with van der Waals surface area (Å²) in [6.07, 6.45) is 3.77. The molecule has 7 heteroatoms. The first kappa shape index (κ1) is 18.3. The van der Waals surface area contributed by atoms with Crippen LogP contribution in [0.15, 0.2) is 52.8 Å². The van der Waals surface area contributed by atoms with Crippen molar-refractivity contribution < 1.29 is 4.79 Å². The summed E-state index contributed by atoms with van der Waals surface area (Å²) in [6.45, 7) is 1.64. The third-order valence-electron chi connectivity index (χ3n) is 4.95. The first-order valence-electron chi connectivity index (χ1n) is 9.07. The average molecular weight is 400 g/mol. The van der Waals surface area contributed by atoms with E-state index < -0.39 is 0 Å². The number of amides is 1. The van der Waals surface area contributed by atoms with Gasteiger partial charge in [0.2, 0.25) is 5.91 Å². The predicted molar refractivity (Wildman–Crippen MR) is 110 cm³/mol. The van der Waals surface area contributed by atoms with Crippen molar-refractivity contribution in [3.05, 3.63) is 69.6 Å². The first-order valence-corrected chi connectivity index (χ1v) is 11.1. The van der Waals surface area contributed by atoms with Gasteiger partial charge in [-0.05, 0) is 24.3 Å². The zero-order valence-corrected chi connectivity index (χ0v) is 16.5. The summed E-state index contributed by atoms with van der Waals surface area (Å²) in [5.41, 5.74) is 2.05. The Morgan fingerprint density at radius 1 is 1.22 bits per heavy atom. The molecule has 2 aromatic heterocycles. The molecule has 1 aliphatic heterocycles. The van der Waals surface area contributed by atoms with Gasteiger partial charge in [-0.25, -0.2) is 4.98 Å². The van der Waals surface area contributed by atoms with E-state index in [1.807, 2.05) is 16.3 Å². The molecule has 0 atom stereocenters. The molecule has 1 amide bonds. The highest BCUT2D eigenvalue weighted by Crippen LogP contribution is 2.28. The molecule has 3 heterocycles. The van der Waals surface area contributed by atoms with Gasteiger partial charge in [0.05, 0.1) is 11.4 Å². The summed E-state index contributed by atoms with van der Waals surface area (Å²) in [5, 5.41) is 1.85. The summed E-state index contributed by atoms with van der Waals surface area (Å²) in [7, 11) is 0. The molecule has 1 saturated heterocycles. The van der Waals surface area contributed by atoms with Gasteiger partial charge in [0.15, 0.2) is 4.96 Å². The molecular weight excluding hydrogens is 378 g/mol. The largest absolute Gasteiger partial charge is 0.342 e. The highest BCUT2D eigenvalue weighted by Gasteiger charge is 2.23. The molecule has 27 heavy (non-hydrogen) atoms. The Labute approximate surface area is 166 Å². The number of thiazole rings is 1. The van der Waals surface area contributed by atoms with Gasteiger partial charge in [-0.2, -0.15) is 0 Å². The average Bonchev–Trinajstić information content (AvgIpc) is 3.18. The van der Waals surface area contributed by atoms with Crippen molar-refractivity contribution in [2.45, 2.75) is 24.5 Å². The number of rotatable bonds is 5. The van der Waals surface area contributed by atoms with E-state index in [0.717, 1.165) is 31.6 Å². The number of carbonyl (C=O) groups is 1. The molecule has 0 unspecified atom stereocenters. The van der Waals surface area contributed by atoms with Crippen LogP contribution in [-0.2, 0) is 10.5 Å². The maximum absolute atomic E-state index is 12.5. The SMILES string of the molecule is O=C(CSCc1cc(=O)n2ccsc2n1)N1CCC(c2ccccc2)CC1. The van der Waals surface area contributed by atoms with E-state index in [-0.39, 0.29) is 11.5 Å². The molecule has 140 valence electrons. The Hall–Kier alpha value is -2.12. The number of benzene rings is 1. The molecule has 0 bridgehead atoms. The normalized spacial score (nSPS) is 15.3. The minimum atomic E-state index is -0.0637. The van der Waals surface area contributed by atoms with Crippen molar-refractivity contribution in [2.24, 2.45) is 0 Å². The Bertz CT molecular complexity index is 976. The lowest BCUT2D eigenvalue weighted by molar-refractivity contribution is -0.129.